The second-order valence-electron chi connectivity index (χ2n) is 6.75. The summed E-state index contributed by atoms with van der Waals surface area (Å²) in [5.74, 6) is 1.33. The lowest BCUT2D eigenvalue weighted by Crippen LogP contribution is -2.45. The molecule has 8 nitrogen and oxygen atoms in total. The van der Waals surface area contributed by atoms with Gasteiger partial charge in [-0.1, -0.05) is 11.2 Å². The molecule has 1 saturated heterocycles. The quantitative estimate of drug-likeness (QED) is 0.692. The molecule has 0 bridgehead atoms. The number of hydrogen-bond acceptors (Lipinski definition) is 7. The van der Waals surface area contributed by atoms with E-state index < -0.39 is 0 Å². The van der Waals surface area contributed by atoms with Crippen LogP contribution in [0.5, 0.6) is 0 Å². The molecule has 1 aliphatic heterocycles. The molecule has 0 spiro atoms. The molecule has 3 aromatic heterocycles. The van der Waals surface area contributed by atoms with Gasteiger partial charge in [0.25, 0.3) is 5.56 Å². The van der Waals surface area contributed by atoms with Crippen molar-refractivity contribution in [2.45, 2.75) is 26.9 Å². The Morgan fingerprint density at radius 1 is 1.08 bits per heavy atom. The standard InChI is InChI=1S/C18H22N6O2/c1-13-4-3-5-24-17(25)10-15(20-18(13)24)11-22-6-8-23(9-7-22)12-16-19-14(2)26-21-16/h3-5,10H,6-9,11-12H2,1-2H3. The second kappa shape index (κ2) is 6.97. The fraction of sp³-hybridized carbons (Fsp3) is 0.444. The van der Waals surface area contributed by atoms with E-state index in [1.807, 2.05) is 19.1 Å². The number of hydrogen-bond donors (Lipinski definition) is 0. The smallest absolute Gasteiger partial charge is 0.258 e. The van der Waals surface area contributed by atoms with E-state index in [1.54, 1.807) is 23.6 Å². The molecular weight excluding hydrogens is 332 g/mol. The zero-order valence-electron chi connectivity index (χ0n) is 15.1. The summed E-state index contributed by atoms with van der Waals surface area (Å²) in [5.41, 5.74) is 2.54. The van der Waals surface area contributed by atoms with Crippen molar-refractivity contribution in [3.8, 4) is 0 Å². The van der Waals surface area contributed by atoms with E-state index in [2.05, 4.69) is 19.9 Å². The van der Waals surface area contributed by atoms with Gasteiger partial charge in [0.15, 0.2) is 5.82 Å². The normalized spacial score (nSPS) is 16.4. The third kappa shape index (κ3) is 3.51. The van der Waals surface area contributed by atoms with Gasteiger partial charge in [-0.2, -0.15) is 4.98 Å². The molecule has 0 unspecified atom stereocenters. The van der Waals surface area contributed by atoms with E-state index in [-0.39, 0.29) is 5.56 Å². The molecule has 0 aliphatic carbocycles. The van der Waals surface area contributed by atoms with Crippen molar-refractivity contribution in [2.75, 3.05) is 26.2 Å². The van der Waals surface area contributed by atoms with E-state index in [0.29, 0.717) is 19.0 Å². The lowest BCUT2D eigenvalue weighted by atomic mass is 10.2. The molecule has 1 aliphatic rings. The van der Waals surface area contributed by atoms with Crippen molar-refractivity contribution in [3.63, 3.8) is 0 Å². The number of piperazine rings is 1. The fourth-order valence-corrected chi connectivity index (χ4v) is 3.33. The van der Waals surface area contributed by atoms with Gasteiger partial charge in [0, 0.05) is 51.9 Å². The van der Waals surface area contributed by atoms with Gasteiger partial charge < -0.3 is 4.52 Å². The number of nitrogens with zero attached hydrogens (tertiary/aromatic N) is 6. The van der Waals surface area contributed by atoms with Gasteiger partial charge in [0.1, 0.15) is 5.65 Å². The fourth-order valence-electron chi connectivity index (χ4n) is 3.33. The number of fused-ring (bicyclic) bond motifs is 1. The van der Waals surface area contributed by atoms with Gasteiger partial charge in [-0.25, -0.2) is 4.98 Å². The van der Waals surface area contributed by atoms with Crippen LogP contribution >= 0.6 is 0 Å². The molecule has 0 aromatic carbocycles. The van der Waals surface area contributed by atoms with E-state index in [9.17, 15) is 4.79 Å². The molecule has 4 heterocycles. The minimum atomic E-state index is -0.0280. The first-order chi connectivity index (χ1) is 12.6. The third-order valence-electron chi connectivity index (χ3n) is 4.72. The number of pyridine rings is 1. The molecule has 1 fully saturated rings. The Kier molecular flexibility index (Phi) is 4.52. The van der Waals surface area contributed by atoms with Crippen LogP contribution < -0.4 is 5.56 Å². The van der Waals surface area contributed by atoms with E-state index in [0.717, 1.165) is 48.9 Å². The number of aromatic nitrogens is 4. The Morgan fingerprint density at radius 2 is 1.81 bits per heavy atom. The maximum absolute atomic E-state index is 12.3. The SMILES string of the molecule is Cc1nc(CN2CCN(Cc3cc(=O)n4cccc(C)c4n3)CC2)no1. The first kappa shape index (κ1) is 16.9. The van der Waals surface area contributed by atoms with E-state index in [1.165, 1.54) is 0 Å². The molecule has 0 amide bonds. The summed E-state index contributed by atoms with van der Waals surface area (Å²) in [6.07, 6.45) is 1.76. The van der Waals surface area contributed by atoms with Crippen LogP contribution in [-0.4, -0.2) is 55.5 Å². The molecule has 4 rings (SSSR count). The predicted octanol–water partition coefficient (Wildman–Crippen LogP) is 1.01. The average Bonchev–Trinajstić information content (AvgIpc) is 3.03. The highest BCUT2D eigenvalue weighted by Gasteiger charge is 2.19. The zero-order valence-corrected chi connectivity index (χ0v) is 15.1. The van der Waals surface area contributed by atoms with Crippen LogP contribution in [0, 0.1) is 13.8 Å². The van der Waals surface area contributed by atoms with Gasteiger partial charge in [-0.3, -0.25) is 19.0 Å². The lowest BCUT2D eigenvalue weighted by Gasteiger charge is -2.33. The summed E-state index contributed by atoms with van der Waals surface area (Å²) >= 11 is 0. The van der Waals surface area contributed by atoms with Crippen LogP contribution in [-0.2, 0) is 13.1 Å². The number of aryl methyl sites for hydroxylation is 2. The zero-order chi connectivity index (χ0) is 18.1. The first-order valence-corrected chi connectivity index (χ1v) is 8.80. The summed E-state index contributed by atoms with van der Waals surface area (Å²) in [6.45, 7) is 8.88. The van der Waals surface area contributed by atoms with E-state index >= 15 is 0 Å². The topological polar surface area (TPSA) is 79.8 Å². The predicted molar refractivity (Wildman–Crippen MR) is 95.8 cm³/mol. The summed E-state index contributed by atoms with van der Waals surface area (Å²) in [7, 11) is 0. The molecule has 8 heteroatoms. The third-order valence-corrected chi connectivity index (χ3v) is 4.72. The maximum Gasteiger partial charge on any atom is 0.258 e. The minimum absolute atomic E-state index is 0.0280. The Hall–Kier alpha value is -2.58. The monoisotopic (exact) mass is 354 g/mol. The van der Waals surface area contributed by atoms with Gasteiger partial charge in [0.2, 0.25) is 5.89 Å². The van der Waals surface area contributed by atoms with Crippen molar-refractivity contribution in [1.82, 2.24) is 29.3 Å². The minimum Gasteiger partial charge on any atom is -0.340 e. The van der Waals surface area contributed by atoms with Crippen molar-refractivity contribution < 1.29 is 4.52 Å². The molecule has 0 radical (unpaired) electrons. The molecule has 3 aromatic rings. The van der Waals surface area contributed by atoms with Crippen LogP contribution in [0.25, 0.3) is 5.65 Å². The highest BCUT2D eigenvalue weighted by atomic mass is 16.5. The Labute approximate surface area is 151 Å². The van der Waals surface area contributed by atoms with Gasteiger partial charge in [0.05, 0.1) is 12.2 Å². The van der Waals surface area contributed by atoms with Gasteiger partial charge in [-0.15, -0.1) is 0 Å². The highest BCUT2D eigenvalue weighted by molar-refractivity contribution is 5.46. The lowest BCUT2D eigenvalue weighted by molar-refractivity contribution is 0.118. The molecule has 26 heavy (non-hydrogen) atoms. The van der Waals surface area contributed by atoms with Crippen molar-refractivity contribution in [2.24, 2.45) is 0 Å². The maximum atomic E-state index is 12.3. The average molecular weight is 354 g/mol. The van der Waals surface area contributed by atoms with Crippen LogP contribution in [0.15, 0.2) is 33.7 Å². The molecule has 0 N–H and O–H groups in total. The summed E-state index contributed by atoms with van der Waals surface area (Å²) in [5, 5.41) is 3.96. The van der Waals surface area contributed by atoms with Crippen molar-refractivity contribution in [1.29, 1.82) is 0 Å². The van der Waals surface area contributed by atoms with Crippen molar-refractivity contribution >= 4 is 5.65 Å². The van der Waals surface area contributed by atoms with Gasteiger partial charge >= 0.3 is 0 Å². The second-order valence-corrected chi connectivity index (χ2v) is 6.75. The Morgan fingerprint density at radius 3 is 2.50 bits per heavy atom. The summed E-state index contributed by atoms with van der Waals surface area (Å²) in [4.78, 5) is 25.9. The van der Waals surface area contributed by atoms with Crippen molar-refractivity contribution in [3.05, 3.63) is 57.7 Å². The van der Waals surface area contributed by atoms with Crippen LogP contribution in [0.1, 0.15) is 23.0 Å². The Bertz CT molecular complexity index is 971. The molecule has 136 valence electrons. The van der Waals surface area contributed by atoms with Crippen LogP contribution in [0.3, 0.4) is 0 Å². The van der Waals surface area contributed by atoms with E-state index in [4.69, 9.17) is 9.51 Å². The summed E-state index contributed by atoms with van der Waals surface area (Å²) in [6, 6.07) is 5.49. The molecule has 0 atom stereocenters. The van der Waals surface area contributed by atoms with Crippen LogP contribution in [0.2, 0.25) is 0 Å². The summed E-state index contributed by atoms with van der Waals surface area (Å²) < 4.78 is 6.62. The first-order valence-electron chi connectivity index (χ1n) is 8.80. The molecular formula is C18H22N6O2. The van der Waals surface area contributed by atoms with Crippen LogP contribution in [0.4, 0.5) is 0 Å². The molecule has 0 saturated carbocycles. The largest absolute Gasteiger partial charge is 0.340 e. The number of rotatable bonds is 4. The highest BCUT2D eigenvalue weighted by Crippen LogP contribution is 2.11. The Balaban J connectivity index is 1.40. The van der Waals surface area contributed by atoms with Gasteiger partial charge in [-0.05, 0) is 18.6 Å².